The van der Waals surface area contributed by atoms with Gasteiger partial charge in [0.05, 0.1) is 6.61 Å². The largest absolute Gasteiger partial charge is 0.462 e. The molecule has 0 aromatic heterocycles. The molecule has 0 aliphatic rings. The van der Waals surface area contributed by atoms with Gasteiger partial charge in [0.15, 0.2) is 0 Å². The Morgan fingerprint density at radius 3 is 2.67 bits per heavy atom. The smallest absolute Gasteiger partial charge is 0.349 e. The van der Waals surface area contributed by atoms with E-state index in [2.05, 4.69) is 11.3 Å². The SMILES string of the molecule is C=CC(C)=C(C#N)C(=O)OCC. The van der Waals surface area contributed by atoms with Crippen LogP contribution in [0.15, 0.2) is 23.8 Å². The van der Waals surface area contributed by atoms with Gasteiger partial charge in [0.1, 0.15) is 11.6 Å². The van der Waals surface area contributed by atoms with Gasteiger partial charge in [-0.05, 0) is 19.4 Å². The third-order valence-corrected chi connectivity index (χ3v) is 1.29. The summed E-state index contributed by atoms with van der Waals surface area (Å²) in [5.74, 6) is -0.586. The molecule has 3 heteroatoms. The van der Waals surface area contributed by atoms with E-state index in [4.69, 9.17) is 5.26 Å². The number of rotatable bonds is 3. The Morgan fingerprint density at radius 2 is 2.33 bits per heavy atom. The number of ether oxygens (including phenoxy) is 1. The van der Waals surface area contributed by atoms with Crippen LogP contribution in [0.25, 0.3) is 0 Å². The molecule has 0 aliphatic carbocycles. The van der Waals surface area contributed by atoms with Crippen LogP contribution in [0.1, 0.15) is 13.8 Å². The molecule has 0 radical (unpaired) electrons. The zero-order valence-electron chi connectivity index (χ0n) is 7.26. The van der Waals surface area contributed by atoms with Crippen molar-refractivity contribution in [1.82, 2.24) is 0 Å². The zero-order chi connectivity index (χ0) is 9.56. The van der Waals surface area contributed by atoms with Gasteiger partial charge in [0.2, 0.25) is 0 Å². The summed E-state index contributed by atoms with van der Waals surface area (Å²) in [5, 5.41) is 8.57. The van der Waals surface area contributed by atoms with E-state index in [9.17, 15) is 4.79 Å². The topological polar surface area (TPSA) is 50.1 Å². The number of carbonyl (C=O) groups is 1. The minimum Gasteiger partial charge on any atom is -0.462 e. The predicted octanol–water partition coefficient (Wildman–Crippen LogP) is 1.58. The summed E-state index contributed by atoms with van der Waals surface area (Å²) in [5.41, 5.74) is 0.558. The van der Waals surface area contributed by atoms with Crippen molar-refractivity contribution in [3.8, 4) is 6.07 Å². The number of nitriles is 1. The van der Waals surface area contributed by atoms with E-state index in [0.717, 1.165) is 0 Å². The Morgan fingerprint density at radius 1 is 1.75 bits per heavy atom. The molecular formula is C9H11NO2. The first-order valence-corrected chi connectivity index (χ1v) is 3.57. The van der Waals surface area contributed by atoms with Crippen molar-refractivity contribution in [3.05, 3.63) is 23.8 Å². The van der Waals surface area contributed by atoms with Crippen LogP contribution in [-0.2, 0) is 9.53 Å². The Labute approximate surface area is 71.9 Å². The van der Waals surface area contributed by atoms with Crippen molar-refractivity contribution < 1.29 is 9.53 Å². The van der Waals surface area contributed by atoms with E-state index >= 15 is 0 Å². The second-order valence-electron chi connectivity index (χ2n) is 2.09. The minimum absolute atomic E-state index is 0.0202. The van der Waals surface area contributed by atoms with Gasteiger partial charge in [-0.2, -0.15) is 5.26 Å². The Kier molecular flexibility index (Phi) is 4.47. The first-order chi connectivity index (χ1) is 5.67. The summed E-state index contributed by atoms with van der Waals surface area (Å²) in [6.45, 7) is 7.06. The van der Waals surface area contributed by atoms with Gasteiger partial charge in [-0.25, -0.2) is 4.79 Å². The van der Waals surface area contributed by atoms with Gasteiger partial charge in [-0.1, -0.05) is 12.7 Å². The van der Waals surface area contributed by atoms with E-state index in [0.29, 0.717) is 5.57 Å². The van der Waals surface area contributed by atoms with Crippen molar-refractivity contribution in [3.63, 3.8) is 0 Å². The molecule has 0 spiro atoms. The molecule has 0 unspecified atom stereocenters. The van der Waals surface area contributed by atoms with Crippen molar-refractivity contribution in [2.75, 3.05) is 6.61 Å². The number of allylic oxidation sites excluding steroid dienone is 2. The van der Waals surface area contributed by atoms with E-state index in [-0.39, 0.29) is 12.2 Å². The van der Waals surface area contributed by atoms with Gasteiger partial charge >= 0.3 is 5.97 Å². The second kappa shape index (κ2) is 5.14. The summed E-state index contributed by atoms with van der Waals surface area (Å²) >= 11 is 0. The van der Waals surface area contributed by atoms with E-state index in [1.807, 2.05) is 0 Å². The van der Waals surface area contributed by atoms with Crippen LogP contribution in [0.2, 0.25) is 0 Å². The highest BCUT2D eigenvalue weighted by Crippen LogP contribution is 2.05. The number of esters is 1. The molecular weight excluding hydrogens is 154 g/mol. The Hall–Kier alpha value is -1.56. The third-order valence-electron chi connectivity index (χ3n) is 1.29. The summed E-state index contributed by atoms with van der Waals surface area (Å²) in [4.78, 5) is 11.0. The van der Waals surface area contributed by atoms with Crippen LogP contribution in [-0.4, -0.2) is 12.6 Å². The number of nitrogens with zero attached hydrogens (tertiary/aromatic N) is 1. The lowest BCUT2D eigenvalue weighted by Crippen LogP contribution is -2.07. The van der Waals surface area contributed by atoms with Crippen LogP contribution in [0, 0.1) is 11.3 Å². The highest BCUT2D eigenvalue weighted by atomic mass is 16.5. The zero-order valence-corrected chi connectivity index (χ0v) is 7.26. The maximum atomic E-state index is 11.0. The van der Waals surface area contributed by atoms with Crippen LogP contribution < -0.4 is 0 Å². The first-order valence-electron chi connectivity index (χ1n) is 3.57. The molecule has 0 saturated carbocycles. The van der Waals surface area contributed by atoms with Gasteiger partial charge in [-0.3, -0.25) is 0 Å². The maximum Gasteiger partial charge on any atom is 0.349 e. The van der Waals surface area contributed by atoms with Crippen molar-refractivity contribution in [2.45, 2.75) is 13.8 Å². The third kappa shape index (κ3) is 2.59. The van der Waals surface area contributed by atoms with E-state index in [1.54, 1.807) is 19.9 Å². The normalized spacial score (nSPS) is 11.1. The predicted molar refractivity (Wildman–Crippen MR) is 45.1 cm³/mol. The molecule has 3 nitrogen and oxygen atoms in total. The molecule has 12 heavy (non-hydrogen) atoms. The van der Waals surface area contributed by atoms with Crippen LogP contribution in [0.5, 0.6) is 0 Å². The standard InChI is InChI=1S/C9H11NO2/c1-4-7(3)8(6-10)9(11)12-5-2/h4H,1,5H2,2-3H3. The van der Waals surface area contributed by atoms with E-state index < -0.39 is 5.97 Å². The lowest BCUT2D eigenvalue weighted by atomic mass is 10.1. The van der Waals surface area contributed by atoms with Crippen LogP contribution in [0.3, 0.4) is 0 Å². The highest BCUT2D eigenvalue weighted by Gasteiger charge is 2.11. The van der Waals surface area contributed by atoms with Gasteiger partial charge in [0.25, 0.3) is 0 Å². The fourth-order valence-electron chi connectivity index (χ4n) is 0.600. The van der Waals surface area contributed by atoms with Crippen molar-refractivity contribution in [1.29, 1.82) is 5.26 Å². The average molecular weight is 165 g/mol. The van der Waals surface area contributed by atoms with Gasteiger partial charge in [-0.15, -0.1) is 0 Å². The minimum atomic E-state index is -0.586. The van der Waals surface area contributed by atoms with Crippen LogP contribution in [0.4, 0.5) is 0 Å². The van der Waals surface area contributed by atoms with E-state index in [1.165, 1.54) is 6.08 Å². The first kappa shape index (κ1) is 10.4. The number of hydrogen-bond acceptors (Lipinski definition) is 3. The Bertz CT molecular complexity index is 258. The highest BCUT2D eigenvalue weighted by molar-refractivity contribution is 5.94. The maximum absolute atomic E-state index is 11.0. The lowest BCUT2D eigenvalue weighted by molar-refractivity contribution is -0.138. The van der Waals surface area contributed by atoms with Crippen molar-refractivity contribution in [2.24, 2.45) is 0 Å². The molecule has 0 rings (SSSR count). The Balaban J connectivity index is 4.70. The molecule has 0 bridgehead atoms. The number of carbonyl (C=O) groups excluding carboxylic acids is 1. The quantitative estimate of drug-likeness (QED) is 0.276. The molecule has 0 amide bonds. The van der Waals surface area contributed by atoms with Gasteiger partial charge < -0.3 is 4.74 Å². The number of hydrogen-bond donors (Lipinski definition) is 0. The lowest BCUT2D eigenvalue weighted by Gasteiger charge is -2.00. The molecule has 0 fully saturated rings. The van der Waals surface area contributed by atoms with Gasteiger partial charge in [0, 0.05) is 0 Å². The molecule has 0 saturated heterocycles. The monoisotopic (exact) mass is 165 g/mol. The summed E-state index contributed by atoms with van der Waals surface area (Å²) in [7, 11) is 0. The fraction of sp³-hybridized carbons (Fsp3) is 0.333. The van der Waals surface area contributed by atoms with Crippen LogP contribution >= 0.6 is 0 Å². The average Bonchev–Trinajstić information content (AvgIpc) is 2.06. The molecule has 0 heterocycles. The summed E-state index contributed by atoms with van der Waals surface area (Å²) in [6, 6.07) is 1.77. The van der Waals surface area contributed by atoms with Crippen molar-refractivity contribution >= 4 is 5.97 Å². The fourth-order valence-corrected chi connectivity index (χ4v) is 0.600. The molecule has 0 aliphatic heterocycles. The molecule has 0 N–H and O–H groups in total. The molecule has 0 aromatic rings. The summed E-state index contributed by atoms with van der Waals surface area (Å²) < 4.78 is 4.65. The molecule has 0 atom stereocenters. The summed E-state index contributed by atoms with van der Waals surface area (Å²) in [6.07, 6.45) is 1.45. The second-order valence-corrected chi connectivity index (χ2v) is 2.09. The molecule has 64 valence electrons. The molecule has 0 aromatic carbocycles.